The van der Waals surface area contributed by atoms with Crippen molar-refractivity contribution in [2.75, 3.05) is 26.2 Å². The van der Waals surface area contributed by atoms with Gasteiger partial charge < -0.3 is 21.1 Å². The third-order valence-electron chi connectivity index (χ3n) is 3.74. The lowest BCUT2D eigenvalue weighted by molar-refractivity contribution is -0.119. The summed E-state index contributed by atoms with van der Waals surface area (Å²) < 4.78 is 5.27. The molecule has 1 aromatic carbocycles. The highest BCUT2D eigenvalue weighted by Crippen LogP contribution is 2.18. The molecule has 0 aromatic heterocycles. The number of para-hydroxylation sites is 1. The van der Waals surface area contributed by atoms with E-state index in [4.69, 9.17) is 10.5 Å². The fraction of sp³-hybridized carbons (Fsp3) is 0.500. The van der Waals surface area contributed by atoms with E-state index in [-0.39, 0.29) is 12.5 Å². The number of piperidine rings is 1. The second-order valence-electron chi connectivity index (χ2n) is 5.51. The van der Waals surface area contributed by atoms with E-state index in [0.717, 1.165) is 19.5 Å². The summed E-state index contributed by atoms with van der Waals surface area (Å²) in [6.07, 6.45) is 3.37. The van der Waals surface area contributed by atoms with E-state index in [1.165, 1.54) is 12.8 Å². The molecule has 0 radical (unpaired) electrons. The number of ether oxygens (including phenoxy) is 1. The first-order chi connectivity index (χ1) is 10.7. The molecule has 1 atom stereocenters. The Balaban J connectivity index is 1.84. The van der Waals surface area contributed by atoms with E-state index in [1.54, 1.807) is 24.3 Å². The van der Waals surface area contributed by atoms with Crippen LogP contribution in [0.1, 0.15) is 29.6 Å². The quantitative estimate of drug-likeness (QED) is 0.690. The second kappa shape index (κ2) is 8.38. The fourth-order valence-electron chi connectivity index (χ4n) is 2.58. The van der Waals surface area contributed by atoms with Crippen LogP contribution in [-0.2, 0) is 4.79 Å². The van der Waals surface area contributed by atoms with Crippen LogP contribution in [0.3, 0.4) is 0 Å². The van der Waals surface area contributed by atoms with Crippen molar-refractivity contribution in [1.82, 2.24) is 10.6 Å². The molecule has 1 aliphatic heterocycles. The van der Waals surface area contributed by atoms with Gasteiger partial charge in [-0.3, -0.25) is 9.59 Å². The summed E-state index contributed by atoms with van der Waals surface area (Å²) in [5, 5.41) is 6.28. The van der Waals surface area contributed by atoms with Crippen molar-refractivity contribution in [2.24, 2.45) is 11.7 Å². The summed E-state index contributed by atoms with van der Waals surface area (Å²) in [5.74, 6) is 0.234. The molecule has 120 valence electrons. The lowest BCUT2D eigenvalue weighted by atomic mass is 9.96. The minimum atomic E-state index is -0.569. The zero-order valence-corrected chi connectivity index (χ0v) is 12.6. The van der Waals surface area contributed by atoms with E-state index in [0.29, 0.717) is 23.8 Å². The average molecular weight is 305 g/mol. The van der Waals surface area contributed by atoms with Crippen molar-refractivity contribution in [2.45, 2.75) is 19.3 Å². The third-order valence-corrected chi connectivity index (χ3v) is 3.74. The standard InChI is InChI=1S/C16H23N3O3/c17-15(20)11-22-14-6-2-1-5-13(14)16(21)19-9-7-12-4-3-8-18-10-12/h1-2,5-6,12,18H,3-4,7-11H2,(H2,17,20)(H,19,21). The van der Waals surface area contributed by atoms with Gasteiger partial charge in [-0.05, 0) is 50.4 Å². The molecule has 1 aromatic rings. The summed E-state index contributed by atoms with van der Waals surface area (Å²) in [5.41, 5.74) is 5.48. The van der Waals surface area contributed by atoms with Crippen LogP contribution >= 0.6 is 0 Å². The molecule has 1 heterocycles. The van der Waals surface area contributed by atoms with Gasteiger partial charge in [0.1, 0.15) is 5.75 Å². The molecule has 1 saturated heterocycles. The molecule has 1 aliphatic rings. The fourth-order valence-corrected chi connectivity index (χ4v) is 2.58. The monoisotopic (exact) mass is 305 g/mol. The van der Waals surface area contributed by atoms with Crippen molar-refractivity contribution in [3.8, 4) is 5.75 Å². The molecule has 1 unspecified atom stereocenters. The number of nitrogens with one attached hydrogen (secondary N) is 2. The van der Waals surface area contributed by atoms with Crippen LogP contribution in [0, 0.1) is 5.92 Å². The van der Waals surface area contributed by atoms with Crippen LogP contribution in [0.15, 0.2) is 24.3 Å². The molecule has 0 aliphatic carbocycles. The molecule has 0 saturated carbocycles. The van der Waals surface area contributed by atoms with Crippen molar-refractivity contribution >= 4 is 11.8 Å². The Morgan fingerprint density at radius 3 is 2.91 bits per heavy atom. The molecule has 1 fully saturated rings. The Morgan fingerprint density at radius 2 is 2.18 bits per heavy atom. The van der Waals surface area contributed by atoms with Crippen LogP contribution < -0.4 is 21.1 Å². The van der Waals surface area contributed by atoms with Gasteiger partial charge in [0.2, 0.25) is 0 Å². The first-order valence-corrected chi connectivity index (χ1v) is 7.66. The number of benzene rings is 1. The van der Waals surface area contributed by atoms with Crippen molar-refractivity contribution in [3.63, 3.8) is 0 Å². The van der Waals surface area contributed by atoms with Crippen molar-refractivity contribution in [1.29, 1.82) is 0 Å². The molecule has 6 nitrogen and oxygen atoms in total. The predicted octanol–water partition coefficient (Wildman–Crippen LogP) is 0.670. The zero-order chi connectivity index (χ0) is 15.8. The number of rotatable bonds is 7. The number of primary amides is 1. The van der Waals surface area contributed by atoms with E-state index in [1.807, 2.05) is 0 Å². The van der Waals surface area contributed by atoms with Gasteiger partial charge in [-0.1, -0.05) is 12.1 Å². The number of carbonyl (C=O) groups is 2. The van der Waals surface area contributed by atoms with Crippen molar-refractivity contribution < 1.29 is 14.3 Å². The smallest absolute Gasteiger partial charge is 0.255 e. The summed E-state index contributed by atoms with van der Waals surface area (Å²) in [7, 11) is 0. The Kier molecular flexibility index (Phi) is 6.21. The Hall–Kier alpha value is -2.08. The molecule has 0 bridgehead atoms. The molecular weight excluding hydrogens is 282 g/mol. The molecule has 0 spiro atoms. The van der Waals surface area contributed by atoms with Gasteiger partial charge in [0.15, 0.2) is 6.61 Å². The highest BCUT2D eigenvalue weighted by Gasteiger charge is 2.15. The van der Waals surface area contributed by atoms with E-state index >= 15 is 0 Å². The number of hydrogen-bond acceptors (Lipinski definition) is 4. The number of amides is 2. The maximum absolute atomic E-state index is 12.2. The Bertz CT molecular complexity index is 513. The van der Waals surface area contributed by atoms with Gasteiger partial charge in [-0.15, -0.1) is 0 Å². The molecule has 2 rings (SSSR count). The van der Waals surface area contributed by atoms with Crippen LogP contribution in [0.25, 0.3) is 0 Å². The van der Waals surface area contributed by atoms with Gasteiger partial charge in [0.05, 0.1) is 5.56 Å². The van der Waals surface area contributed by atoms with Gasteiger partial charge in [0, 0.05) is 6.54 Å². The average Bonchev–Trinajstić information content (AvgIpc) is 2.54. The normalized spacial score (nSPS) is 17.7. The molecule has 2 amide bonds. The minimum Gasteiger partial charge on any atom is -0.483 e. The lowest BCUT2D eigenvalue weighted by Gasteiger charge is -2.22. The highest BCUT2D eigenvalue weighted by molar-refractivity contribution is 5.97. The third kappa shape index (κ3) is 5.04. The van der Waals surface area contributed by atoms with E-state index < -0.39 is 5.91 Å². The summed E-state index contributed by atoms with van der Waals surface area (Å²) in [6.45, 7) is 2.51. The lowest BCUT2D eigenvalue weighted by Crippen LogP contribution is -2.33. The van der Waals surface area contributed by atoms with E-state index in [9.17, 15) is 9.59 Å². The topological polar surface area (TPSA) is 93.5 Å². The second-order valence-corrected chi connectivity index (χ2v) is 5.51. The molecule has 4 N–H and O–H groups in total. The maximum atomic E-state index is 12.2. The van der Waals surface area contributed by atoms with Crippen LogP contribution in [0.2, 0.25) is 0 Å². The van der Waals surface area contributed by atoms with Crippen molar-refractivity contribution in [3.05, 3.63) is 29.8 Å². The number of nitrogens with two attached hydrogens (primary N) is 1. The maximum Gasteiger partial charge on any atom is 0.255 e. The highest BCUT2D eigenvalue weighted by atomic mass is 16.5. The minimum absolute atomic E-state index is 0.191. The first-order valence-electron chi connectivity index (χ1n) is 7.66. The predicted molar refractivity (Wildman–Crippen MR) is 83.7 cm³/mol. The van der Waals surface area contributed by atoms with Gasteiger partial charge in [0.25, 0.3) is 11.8 Å². The molecule has 22 heavy (non-hydrogen) atoms. The van der Waals surface area contributed by atoms with Crippen LogP contribution in [0.4, 0.5) is 0 Å². The zero-order valence-electron chi connectivity index (χ0n) is 12.6. The number of carbonyl (C=O) groups excluding carboxylic acids is 2. The number of hydrogen-bond donors (Lipinski definition) is 3. The summed E-state index contributed by atoms with van der Waals surface area (Å²) >= 11 is 0. The first kappa shape index (κ1) is 16.3. The van der Waals surface area contributed by atoms with E-state index in [2.05, 4.69) is 10.6 Å². The van der Waals surface area contributed by atoms with Crippen LogP contribution in [-0.4, -0.2) is 38.1 Å². The molecule has 6 heteroatoms. The Morgan fingerprint density at radius 1 is 1.36 bits per heavy atom. The summed E-state index contributed by atoms with van der Waals surface area (Å²) in [6, 6.07) is 6.84. The van der Waals surface area contributed by atoms with Crippen LogP contribution in [0.5, 0.6) is 5.75 Å². The van der Waals surface area contributed by atoms with Gasteiger partial charge >= 0.3 is 0 Å². The summed E-state index contributed by atoms with van der Waals surface area (Å²) in [4.78, 5) is 23.0. The van der Waals surface area contributed by atoms with Gasteiger partial charge in [-0.25, -0.2) is 0 Å². The SMILES string of the molecule is NC(=O)COc1ccccc1C(=O)NCCC1CCCNC1. The Labute approximate surface area is 130 Å². The molecular formula is C16H23N3O3. The van der Waals surface area contributed by atoms with Gasteiger partial charge in [-0.2, -0.15) is 0 Å². The largest absolute Gasteiger partial charge is 0.483 e.